The van der Waals surface area contributed by atoms with E-state index in [1.54, 1.807) is 12.3 Å². The van der Waals surface area contributed by atoms with Crippen molar-refractivity contribution in [2.24, 2.45) is 0 Å². The smallest absolute Gasteiger partial charge is 0.125 e. The summed E-state index contributed by atoms with van der Waals surface area (Å²) in [5, 5.41) is 8.30. The Morgan fingerprint density at radius 1 is 1.50 bits per heavy atom. The summed E-state index contributed by atoms with van der Waals surface area (Å²) < 4.78 is 0. The van der Waals surface area contributed by atoms with Gasteiger partial charge in [0.15, 0.2) is 0 Å². The summed E-state index contributed by atoms with van der Waals surface area (Å²) in [7, 11) is 0. The first-order chi connectivity index (χ1) is 5.74. The van der Waals surface area contributed by atoms with E-state index in [0.29, 0.717) is 0 Å². The largest absolute Gasteiger partial charge is 0.241 e. The van der Waals surface area contributed by atoms with E-state index < -0.39 is 0 Å². The number of rotatable bonds is 1. The predicted molar refractivity (Wildman–Crippen MR) is 46.2 cm³/mol. The summed E-state index contributed by atoms with van der Waals surface area (Å²) >= 11 is 0. The van der Waals surface area contributed by atoms with Crippen LogP contribution in [0.5, 0.6) is 0 Å². The average molecular weight is 159 g/mol. The Bertz CT molecular complexity index is 347. The number of nitrogens with zero attached hydrogens (tertiary/aromatic N) is 3. The molecule has 3 heteroatoms. The third-order valence-electron chi connectivity index (χ3n) is 1.48. The molecule has 3 nitrogen and oxygen atoms in total. The molecule has 0 aliphatic rings. The molecule has 0 unspecified atom stereocenters. The van der Waals surface area contributed by atoms with Crippen molar-refractivity contribution in [3.8, 4) is 6.07 Å². The Morgan fingerprint density at radius 2 is 2.25 bits per heavy atom. The van der Waals surface area contributed by atoms with Gasteiger partial charge in [0.2, 0.25) is 0 Å². The van der Waals surface area contributed by atoms with Crippen molar-refractivity contribution >= 4 is 6.08 Å². The fourth-order valence-corrected chi connectivity index (χ4v) is 0.883. The maximum absolute atomic E-state index is 8.30. The highest BCUT2D eigenvalue weighted by Crippen LogP contribution is 2.05. The van der Waals surface area contributed by atoms with E-state index >= 15 is 0 Å². The van der Waals surface area contributed by atoms with Crippen LogP contribution in [0.3, 0.4) is 0 Å². The lowest BCUT2D eigenvalue weighted by atomic mass is 10.2. The van der Waals surface area contributed by atoms with Crippen molar-refractivity contribution in [2.45, 2.75) is 13.8 Å². The highest BCUT2D eigenvalue weighted by molar-refractivity contribution is 5.52. The van der Waals surface area contributed by atoms with Gasteiger partial charge in [0.05, 0.1) is 6.07 Å². The quantitative estimate of drug-likeness (QED) is 0.585. The molecule has 0 atom stereocenters. The molecule has 0 radical (unpaired) electrons. The second-order valence-corrected chi connectivity index (χ2v) is 2.42. The molecule has 1 aromatic heterocycles. The number of hydrogen-bond acceptors (Lipinski definition) is 3. The molecule has 12 heavy (non-hydrogen) atoms. The normalized spacial score (nSPS) is 10.1. The Labute approximate surface area is 71.4 Å². The molecule has 60 valence electrons. The summed E-state index contributed by atoms with van der Waals surface area (Å²) in [6.45, 7) is 3.73. The van der Waals surface area contributed by atoms with Gasteiger partial charge in [-0.2, -0.15) is 5.26 Å². The monoisotopic (exact) mass is 159 g/mol. The molecule has 1 heterocycles. The van der Waals surface area contributed by atoms with Crippen LogP contribution in [0.1, 0.15) is 17.1 Å². The van der Waals surface area contributed by atoms with Gasteiger partial charge < -0.3 is 0 Å². The van der Waals surface area contributed by atoms with Crippen molar-refractivity contribution < 1.29 is 0 Å². The Balaban J connectivity index is 3.03. The number of aryl methyl sites for hydroxylation is 2. The maximum atomic E-state index is 8.30. The van der Waals surface area contributed by atoms with E-state index in [1.165, 1.54) is 6.08 Å². The topological polar surface area (TPSA) is 49.6 Å². The molecule has 0 aliphatic heterocycles. The van der Waals surface area contributed by atoms with Gasteiger partial charge in [-0.3, -0.25) is 0 Å². The fourth-order valence-electron chi connectivity index (χ4n) is 0.883. The summed E-state index contributed by atoms with van der Waals surface area (Å²) in [6, 6.07) is 1.92. The summed E-state index contributed by atoms with van der Waals surface area (Å²) in [6.07, 6.45) is 4.83. The molecular weight excluding hydrogens is 150 g/mol. The minimum Gasteiger partial charge on any atom is -0.241 e. The molecule has 0 aliphatic carbocycles. The average Bonchev–Trinajstić information content (AvgIpc) is 2.03. The van der Waals surface area contributed by atoms with Crippen LogP contribution in [0.25, 0.3) is 6.08 Å². The molecule has 0 fully saturated rings. The van der Waals surface area contributed by atoms with E-state index in [9.17, 15) is 0 Å². The van der Waals surface area contributed by atoms with Crippen LogP contribution in [0.2, 0.25) is 0 Å². The molecule has 0 saturated carbocycles. The fraction of sp³-hybridized carbons (Fsp3) is 0.222. The van der Waals surface area contributed by atoms with Gasteiger partial charge in [0.1, 0.15) is 5.82 Å². The lowest BCUT2D eigenvalue weighted by molar-refractivity contribution is 1.00. The van der Waals surface area contributed by atoms with Crippen LogP contribution in [0.4, 0.5) is 0 Å². The first kappa shape index (κ1) is 8.41. The van der Waals surface area contributed by atoms with E-state index in [0.717, 1.165) is 17.1 Å². The van der Waals surface area contributed by atoms with Crippen LogP contribution in [-0.4, -0.2) is 9.97 Å². The zero-order valence-corrected chi connectivity index (χ0v) is 7.07. The summed E-state index contributed by atoms with van der Waals surface area (Å²) in [4.78, 5) is 8.18. The number of aromatic nitrogens is 2. The van der Waals surface area contributed by atoms with E-state index in [4.69, 9.17) is 5.26 Å². The summed E-state index contributed by atoms with van der Waals surface area (Å²) in [5.74, 6) is 0.751. The lowest BCUT2D eigenvalue weighted by Gasteiger charge is -1.97. The Kier molecular flexibility index (Phi) is 2.54. The standard InChI is InChI=1S/C9H9N3/c1-7-9(4-3-5-10)6-11-8(2)12-7/h3-4,6H,1-2H3/b4-3+. The second-order valence-electron chi connectivity index (χ2n) is 2.42. The van der Waals surface area contributed by atoms with Crippen molar-refractivity contribution in [2.75, 3.05) is 0 Å². The van der Waals surface area contributed by atoms with Crippen molar-refractivity contribution in [1.29, 1.82) is 5.26 Å². The molecule has 0 aromatic carbocycles. The highest BCUT2D eigenvalue weighted by atomic mass is 14.9. The molecule has 0 N–H and O–H groups in total. The van der Waals surface area contributed by atoms with Gasteiger partial charge in [0.25, 0.3) is 0 Å². The first-order valence-electron chi connectivity index (χ1n) is 3.60. The maximum Gasteiger partial charge on any atom is 0.125 e. The van der Waals surface area contributed by atoms with Crippen LogP contribution >= 0.6 is 0 Å². The van der Waals surface area contributed by atoms with Gasteiger partial charge in [-0.05, 0) is 19.9 Å². The van der Waals surface area contributed by atoms with Crippen molar-refractivity contribution in [1.82, 2.24) is 9.97 Å². The van der Waals surface area contributed by atoms with Gasteiger partial charge in [0, 0.05) is 23.5 Å². The van der Waals surface area contributed by atoms with Crippen molar-refractivity contribution in [3.63, 3.8) is 0 Å². The molecule has 1 rings (SSSR count). The number of hydrogen-bond donors (Lipinski definition) is 0. The van der Waals surface area contributed by atoms with Crippen LogP contribution in [-0.2, 0) is 0 Å². The third-order valence-corrected chi connectivity index (χ3v) is 1.48. The van der Waals surface area contributed by atoms with Gasteiger partial charge in [-0.15, -0.1) is 0 Å². The minimum atomic E-state index is 0.751. The zero-order chi connectivity index (χ0) is 8.97. The summed E-state index contributed by atoms with van der Waals surface area (Å²) in [5.41, 5.74) is 1.79. The first-order valence-corrected chi connectivity index (χ1v) is 3.60. The predicted octanol–water partition coefficient (Wildman–Crippen LogP) is 1.63. The number of allylic oxidation sites excluding steroid dienone is 1. The van der Waals surface area contributed by atoms with E-state index in [-0.39, 0.29) is 0 Å². The molecule has 0 saturated heterocycles. The zero-order valence-electron chi connectivity index (χ0n) is 7.07. The Morgan fingerprint density at radius 3 is 2.83 bits per heavy atom. The second kappa shape index (κ2) is 3.63. The van der Waals surface area contributed by atoms with Crippen molar-refractivity contribution in [3.05, 3.63) is 29.4 Å². The molecule has 0 amide bonds. The van der Waals surface area contributed by atoms with Crippen LogP contribution in [0.15, 0.2) is 12.3 Å². The van der Waals surface area contributed by atoms with Crippen LogP contribution in [0, 0.1) is 25.2 Å². The van der Waals surface area contributed by atoms with Gasteiger partial charge in [-0.1, -0.05) is 0 Å². The molecule has 0 bridgehead atoms. The third kappa shape index (κ3) is 1.89. The lowest BCUT2D eigenvalue weighted by Crippen LogP contribution is -1.92. The van der Waals surface area contributed by atoms with E-state index in [1.807, 2.05) is 19.9 Å². The Hall–Kier alpha value is -1.69. The highest BCUT2D eigenvalue weighted by Gasteiger charge is 1.95. The number of nitriles is 1. The van der Waals surface area contributed by atoms with Gasteiger partial charge >= 0.3 is 0 Å². The molecule has 0 spiro atoms. The minimum absolute atomic E-state index is 0.751. The van der Waals surface area contributed by atoms with Crippen LogP contribution < -0.4 is 0 Å². The SMILES string of the molecule is Cc1ncc(/C=C/C#N)c(C)n1. The van der Waals surface area contributed by atoms with E-state index in [2.05, 4.69) is 9.97 Å². The van der Waals surface area contributed by atoms with Gasteiger partial charge in [-0.25, -0.2) is 9.97 Å². The molecule has 1 aromatic rings. The molecular formula is C9H9N3.